The highest BCUT2D eigenvalue weighted by atomic mass is 16.1. The van der Waals surface area contributed by atoms with Gasteiger partial charge in [-0.15, -0.1) is 0 Å². The highest BCUT2D eigenvalue weighted by Crippen LogP contribution is 2.09. The lowest BCUT2D eigenvalue weighted by Crippen LogP contribution is -2.20. The van der Waals surface area contributed by atoms with E-state index in [0.29, 0.717) is 11.9 Å². The molecule has 0 atom stereocenters. The molecule has 3 heterocycles. The van der Waals surface area contributed by atoms with E-state index >= 15 is 0 Å². The molecule has 0 aliphatic heterocycles. The van der Waals surface area contributed by atoms with Gasteiger partial charge in [0.2, 0.25) is 0 Å². The summed E-state index contributed by atoms with van der Waals surface area (Å²) >= 11 is 0. The lowest BCUT2D eigenvalue weighted by Gasteiger charge is -2.08. The van der Waals surface area contributed by atoms with Crippen LogP contribution in [-0.4, -0.2) is 14.5 Å². The molecule has 0 aliphatic rings. The topological polar surface area (TPSA) is 47.8 Å². The average molecular weight is 251 g/mol. The first-order chi connectivity index (χ1) is 9.25. The van der Waals surface area contributed by atoms with Crippen LogP contribution in [0.4, 0.5) is 0 Å². The number of nitrogens with zero attached hydrogens (tertiary/aromatic N) is 3. The van der Waals surface area contributed by atoms with Crippen LogP contribution in [0.5, 0.6) is 0 Å². The normalized spacial score (nSPS) is 10.8. The molecular weight excluding hydrogens is 238 g/mol. The minimum atomic E-state index is -0.0122. The molecule has 4 nitrogen and oxygen atoms in total. The molecule has 3 aromatic heterocycles. The van der Waals surface area contributed by atoms with Crippen LogP contribution in [0.25, 0.3) is 10.9 Å². The van der Waals surface area contributed by atoms with E-state index in [-0.39, 0.29) is 5.56 Å². The number of aryl methyl sites for hydroxylation is 1. The van der Waals surface area contributed by atoms with E-state index in [1.807, 2.05) is 25.3 Å². The smallest absolute Gasteiger partial charge is 0.260 e. The summed E-state index contributed by atoms with van der Waals surface area (Å²) in [6, 6.07) is 7.40. The van der Waals surface area contributed by atoms with Crippen molar-refractivity contribution >= 4 is 10.9 Å². The third kappa shape index (κ3) is 2.12. The zero-order valence-electron chi connectivity index (χ0n) is 10.6. The molecule has 3 rings (SSSR count). The lowest BCUT2D eigenvalue weighted by atomic mass is 10.1. The third-order valence-corrected chi connectivity index (χ3v) is 3.22. The fraction of sp³-hybridized carbons (Fsp3) is 0.133. The Balaban J connectivity index is 2.10. The van der Waals surface area contributed by atoms with Gasteiger partial charge in [-0.05, 0) is 42.3 Å². The van der Waals surface area contributed by atoms with Crippen LogP contribution in [0.2, 0.25) is 0 Å². The van der Waals surface area contributed by atoms with Gasteiger partial charge in [0.05, 0.1) is 17.4 Å². The molecule has 3 aromatic rings. The van der Waals surface area contributed by atoms with Gasteiger partial charge in [-0.2, -0.15) is 0 Å². The van der Waals surface area contributed by atoms with Crippen LogP contribution in [0.3, 0.4) is 0 Å². The van der Waals surface area contributed by atoms with E-state index in [4.69, 9.17) is 0 Å². The van der Waals surface area contributed by atoms with Gasteiger partial charge >= 0.3 is 0 Å². The molecule has 0 aliphatic carbocycles. The van der Waals surface area contributed by atoms with Gasteiger partial charge < -0.3 is 4.57 Å². The molecule has 4 heteroatoms. The summed E-state index contributed by atoms with van der Waals surface area (Å²) in [6.07, 6.45) is 7.04. The Kier molecular flexibility index (Phi) is 2.83. The highest BCUT2D eigenvalue weighted by Gasteiger charge is 2.05. The van der Waals surface area contributed by atoms with E-state index in [9.17, 15) is 4.79 Å². The maximum Gasteiger partial charge on any atom is 0.260 e. The molecule has 0 radical (unpaired) electrons. The summed E-state index contributed by atoms with van der Waals surface area (Å²) in [5, 5.41) is 0.650. The monoisotopic (exact) mass is 251 g/mol. The number of hydrogen-bond acceptors (Lipinski definition) is 3. The van der Waals surface area contributed by atoms with Crippen LogP contribution in [0, 0.1) is 6.92 Å². The molecular formula is C15H13N3O. The number of hydrogen-bond donors (Lipinski definition) is 0. The standard InChI is InChI=1S/C15H13N3O/c1-11-9-16-7-4-12(11)10-18-8-5-14-13(15(18)19)3-2-6-17-14/h2-9H,10H2,1H3. The minimum absolute atomic E-state index is 0.0122. The van der Waals surface area contributed by atoms with Crippen molar-refractivity contribution in [2.45, 2.75) is 13.5 Å². The second-order valence-electron chi connectivity index (χ2n) is 4.49. The molecule has 0 spiro atoms. The second-order valence-corrected chi connectivity index (χ2v) is 4.49. The molecule has 0 amide bonds. The largest absolute Gasteiger partial charge is 0.310 e. The van der Waals surface area contributed by atoms with Gasteiger partial charge in [0.1, 0.15) is 0 Å². The molecule has 0 unspecified atom stereocenters. The predicted molar refractivity (Wildman–Crippen MR) is 74.1 cm³/mol. The van der Waals surface area contributed by atoms with Crippen molar-refractivity contribution in [3.05, 3.63) is 70.5 Å². The first-order valence-corrected chi connectivity index (χ1v) is 6.09. The Bertz CT molecular complexity index is 792. The molecule has 0 saturated carbocycles. The van der Waals surface area contributed by atoms with Crippen molar-refractivity contribution in [3.63, 3.8) is 0 Å². The Morgan fingerprint density at radius 1 is 1.21 bits per heavy atom. The Morgan fingerprint density at radius 3 is 2.95 bits per heavy atom. The molecule has 0 aromatic carbocycles. The second kappa shape index (κ2) is 4.65. The van der Waals surface area contributed by atoms with Gasteiger partial charge in [0, 0.05) is 24.8 Å². The van der Waals surface area contributed by atoms with E-state index < -0.39 is 0 Å². The predicted octanol–water partition coefficient (Wildman–Crippen LogP) is 2.15. The Morgan fingerprint density at radius 2 is 2.11 bits per heavy atom. The van der Waals surface area contributed by atoms with Crippen molar-refractivity contribution in [1.29, 1.82) is 0 Å². The van der Waals surface area contributed by atoms with Crippen molar-refractivity contribution in [2.24, 2.45) is 0 Å². The molecule has 0 saturated heterocycles. The highest BCUT2D eigenvalue weighted by molar-refractivity contribution is 5.76. The van der Waals surface area contributed by atoms with Crippen LogP contribution >= 0.6 is 0 Å². The number of fused-ring (bicyclic) bond motifs is 1. The fourth-order valence-electron chi connectivity index (χ4n) is 2.10. The van der Waals surface area contributed by atoms with Gasteiger partial charge in [-0.25, -0.2) is 0 Å². The summed E-state index contributed by atoms with van der Waals surface area (Å²) in [5.41, 5.74) is 2.90. The first-order valence-electron chi connectivity index (χ1n) is 6.09. The number of aromatic nitrogens is 3. The van der Waals surface area contributed by atoms with E-state index in [0.717, 1.165) is 16.6 Å². The minimum Gasteiger partial charge on any atom is -0.310 e. The zero-order valence-corrected chi connectivity index (χ0v) is 10.6. The van der Waals surface area contributed by atoms with E-state index in [1.165, 1.54) is 0 Å². The molecule has 19 heavy (non-hydrogen) atoms. The van der Waals surface area contributed by atoms with Crippen molar-refractivity contribution in [2.75, 3.05) is 0 Å². The van der Waals surface area contributed by atoms with Crippen LogP contribution in [0.15, 0.2) is 53.8 Å². The summed E-state index contributed by atoms with van der Waals surface area (Å²) in [4.78, 5) is 20.6. The summed E-state index contributed by atoms with van der Waals surface area (Å²) in [7, 11) is 0. The maximum absolute atomic E-state index is 12.4. The van der Waals surface area contributed by atoms with Crippen molar-refractivity contribution in [3.8, 4) is 0 Å². The quantitative estimate of drug-likeness (QED) is 0.701. The van der Waals surface area contributed by atoms with E-state index in [2.05, 4.69) is 9.97 Å². The third-order valence-electron chi connectivity index (χ3n) is 3.22. The average Bonchev–Trinajstić information content (AvgIpc) is 2.44. The van der Waals surface area contributed by atoms with Crippen LogP contribution in [-0.2, 0) is 6.54 Å². The summed E-state index contributed by atoms with van der Waals surface area (Å²) in [6.45, 7) is 2.55. The van der Waals surface area contributed by atoms with Crippen LogP contribution < -0.4 is 5.56 Å². The Labute approximate surface area is 110 Å². The van der Waals surface area contributed by atoms with Gasteiger partial charge in [0.15, 0.2) is 0 Å². The van der Waals surface area contributed by atoms with Crippen LogP contribution in [0.1, 0.15) is 11.1 Å². The molecule has 0 N–H and O–H groups in total. The van der Waals surface area contributed by atoms with E-state index in [1.54, 1.807) is 35.3 Å². The van der Waals surface area contributed by atoms with Gasteiger partial charge in [0.25, 0.3) is 5.56 Å². The van der Waals surface area contributed by atoms with Crippen molar-refractivity contribution in [1.82, 2.24) is 14.5 Å². The number of pyridine rings is 3. The maximum atomic E-state index is 12.4. The lowest BCUT2D eigenvalue weighted by molar-refractivity contribution is 0.761. The summed E-state index contributed by atoms with van der Waals surface area (Å²) < 4.78 is 1.70. The SMILES string of the molecule is Cc1cnccc1Cn1ccc2ncccc2c1=O. The van der Waals surface area contributed by atoms with Gasteiger partial charge in [-0.3, -0.25) is 14.8 Å². The molecule has 94 valence electrons. The van der Waals surface area contributed by atoms with Gasteiger partial charge in [-0.1, -0.05) is 0 Å². The summed E-state index contributed by atoms with van der Waals surface area (Å²) in [5.74, 6) is 0. The fourth-order valence-corrected chi connectivity index (χ4v) is 2.10. The molecule has 0 bridgehead atoms. The number of rotatable bonds is 2. The zero-order chi connectivity index (χ0) is 13.2. The molecule has 0 fully saturated rings. The first kappa shape index (κ1) is 11.6. The Hall–Kier alpha value is -2.49. The van der Waals surface area contributed by atoms with Crippen molar-refractivity contribution < 1.29 is 0 Å².